The van der Waals surface area contributed by atoms with E-state index in [1.165, 1.54) is 25.3 Å². The van der Waals surface area contributed by atoms with Gasteiger partial charge in [0.2, 0.25) is 0 Å². The number of carbonyl (C=O) groups excluding carboxylic acids is 1. The van der Waals surface area contributed by atoms with E-state index >= 15 is 0 Å². The Morgan fingerprint density at radius 3 is 2.79 bits per heavy atom. The number of aromatic amines is 1. The van der Waals surface area contributed by atoms with Crippen LogP contribution in [0.5, 0.6) is 0 Å². The molecule has 2 heterocycles. The van der Waals surface area contributed by atoms with Crippen LogP contribution in [0.3, 0.4) is 0 Å². The standard InChI is InChI=1S/C25H18F2N4O3/c1-34-25(33)29-22-12-15-7-6-14(11-20(15)28-22)17-9-13(5-8-18(17)26)10-21-16-3-2-4-19(27)23(16)24(32)31-30-21/h2-9,11H,10,12H2,1H3,(H,31,32)(H,28,29,33). The van der Waals surface area contributed by atoms with E-state index in [4.69, 9.17) is 0 Å². The Balaban J connectivity index is 1.49. The van der Waals surface area contributed by atoms with Crippen LogP contribution in [0.15, 0.2) is 64.4 Å². The lowest BCUT2D eigenvalue weighted by molar-refractivity contribution is 0.176. The molecule has 1 aliphatic heterocycles. The van der Waals surface area contributed by atoms with Gasteiger partial charge in [-0.25, -0.2) is 23.7 Å². The summed E-state index contributed by atoms with van der Waals surface area (Å²) in [7, 11) is 1.27. The van der Waals surface area contributed by atoms with Crippen LogP contribution >= 0.6 is 0 Å². The Morgan fingerprint density at radius 1 is 1.12 bits per heavy atom. The number of aliphatic imine (C=N–C) groups is 1. The number of aromatic nitrogens is 2. The van der Waals surface area contributed by atoms with Gasteiger partial charge < -0.3 is 4.74 Å². The number of amides is 1. The van der Waals surface area contributed by atoms with Gasteiger partial charge in [-0.2, -0.15) is 5.10 Å². The van der Waals surface area contributed by atoms with Crippen LogP contribution in [0, 0.1) is 11.6 Å². The van der Waals surface area contributed by atoms with Crippen molar-refractivity contribution in [1.82, 2.24) is 15.5 Å². The van der Waals surface area contributed by atoms with E-state index in [1.807, 2.05) is 6.07 Å². The zero-order valence-corrected chi connectivity index (χ0v) is 18.0. The number of hydrogen-bond acceptors (Lipinski definition) is 5. The monoisotopic (exact) mass is 460 g/mol. The average Bonchev–Trinajstić information content (AvgIpc) is 3.23. The quantitative estimate of drug-likeness (QED) is 0.474. The van der Waals surface area contributed by atoms with E-state index in [-0.39, 0.29) is 11.8 Å². The third-order valence-corrected chi connectivity index (χ3v) is 5.69. The lowest BCUT2D eigenvalue weighted by atomic mass is 9.97. The minimum Gasteiger partial charge on any atom is -0.453 e. The molecule has 0 fully saturated rings. The summed E-state index contributed by atoms with van der Waals surface area (Å²) in [6.45, 7) is 0. The van der Waals surface area contributed by atoms with Gasteiger partial charge in [0.1, 0.15) is 17.5 Å². The number of ether oxygens (including phenoxy) is 1. The molecule has 0 unspecified atom stereocenters. The number of methoxy groups -OCH3 is 1. The summed E-state index contributed by atoms with van der Waals surface area (Å²) in [6.07, 6.45) is 0.100. The maximum atomic E-state index is 14.8. The van der Waals surface area contributed by atoms with Crippen molar-refractivity contribution in [3.8, 4) is 11.1 Å². The summed E-state index contributed by atoms with van der Waals surface area (Å²) in [4.78, 5) is 27.9. The number of H-pyrrole nitrogens is 1. The lowest BCUT2D eigenvalue weighted by Gasteiger charge is -2.10. The highest BCUT2D eigenvalue weighted by Gasteiger charge is 2.19. The molecule has 4 aromatic rings. The van der Waals surface area contributed by atoms with Gasteiger partial charge in [0.25, 0.3) is 5.56 Å². The molecule has 0 saturated heterocycles. The minimum absolute atomic E-state index is 0.0531. The predicted molar refractivity (Wildman–Crippen MR) is 123 cm³/mol. The average molecular weight is 460 g/mol. The van der Waals surface area contributed by atoms with Crippen molar-refractivity contribution in [2.24, 2.45) is 4.99 Å². The van der Waals surface area contributed by atoms with Gasteiger partial charge in [-0.05, 0) is 41.0 Å². The van der Waals surface area contributed by atoms with Crippen molar-refractivity contribution in [1.29, 1.82) is 0 Å². The fourth-order valence-electron chi connectivity index (χ4n) is 4.05. The number of hydrogen-bond donors (Lipinski definition) is 2. The summed E-state index contributed by atoms with van der Waals surface area (Å²) in [6, 6.07) is 14.5. The van der Waals surface area contributed by atoms with Gasteiger partial charge in [-0.1, -0.05) is 30.3 Å². The fourth-order valence-corrected chi connectivity index (χ4v) is 4.05. The fraction of sp³-hybridized carbons (Fsp3) is 0.120. The highest BCUT2D eigenvalue weighted by atomic mass is 19.1. The predicted octanol–water partition coefficient (Wildman–Crippen LogP) is 4.40. The van der Waals surface area contributed by atoms with Crippen LogP contribution in [0.1, 0.15) is 16.8 Å². The molecule has 34 heavy (non-hydrogen) atoms. The number of halogens is 2. The SMILES string of the molecule is COC(=O)NC1=Nc2cc(-c3cc(Cc4n[nH]c(=O)c5c(F)cccc45)ccc3F)ccc2C1. The topological polar surface area (TPSA) is 96.4 Å². The zero-order chi connectivity index (χ0) is 23.8. The molecule has 3 aromatic carbocycles. The number of amidine groups is 1. The summed E-state index contributed by atoms with van der Waals surface area (Å²) in [5.74, 6) is -0.581. The van der Waals surface area contributed by atoms with Gasteiger partial charge in [0.05, 0.1) is 23.9 Å². The Hall–Kier alpha value is -4.40. The highest BCUT2D eigenvalue weighted by Crippen LogP contribution is 2.33. The normalized spacial score (nSPS) is 12.4. The Labute approximate surface area is 192 Å². The first-order valence-electron chi connectivity index (χ1n) is 10.4. The van der Waals surface area contributed by atoms with Crippen LogP contribution in [-0.4, -0.2) is 29.2 Å². The van der Waals surface area contributed by atoms with Gasteiger partial charge in [-0.3, -0.25) is 10.1 Å². The van der Waals surface area contributed by atoms with E-state index in [0.29, 0.717) is 40.2 Å². The van der Waals surface area contributed by atoms with E-state index in [0.717, 1.165) is 11.1 Å². The molecule has 1 amide bonds. The van der Waals surface area contributed by atoms with Crippen molar-refractivity contribution in [2.45, 2.75) is 12.8 Å². The molecule has 0 saturated carbocycles. The van der Waals surface area contributed by atoms with Crippen LogP contribution < -0.4 is 10.9 Å². The van der Waals surface area contributed by atoms with E-state index in [2.05, 4.69) is 25.2 Å². The molecule has 170 valence electrons. The van der Waals surface area contributed by atoms with Crippen LogP contribution in [0.4, 0.5) is 19.3 Å². The molecule has 9 heteroatoms. The van der Waals surface area contributed by atoms with Crippen LogP contribution in [0.2, 0.25) is 0 Å². The molecular weight excluding hydrogens is 442 g/mol. The van der Waals surface area contributed by atoms with Crippen molar-refractivity contribution in [3.05, 3.63) is 93.4 Å². The largest absolute Gasteiger partial charge is 0.453 e. The van der Waals surface area contributed by atoms with Gasteiger partial charge >= 0.3 is 6.09 Å². The first kappa shape index (κ1) is 21.4. The highest BCUT2D eigenvalue weighted by molar-refractivity contribution is 6.01. The second-order valence-corrected chi connectivity index (χ2v) is 7.85. The Kier molecular flexibility index (Phi) is 5.37. The third-order valence-electron chi connectivity index (χ3n) is 5.69. The molecular formula is C25H18F2N4O3. The molecule has 7 nitrogen and oxygen atoms in total. The molecule has 1 aliphatic rings. The second kappa shape index (κ2) is 8.51. The third kappa shape index (κ3) is 3.92. The first-order valence-corrected chi connectivity index (χ1v) is 10.4. The number of nitrogens with one attached hydrogen (secondary N) is 2. The summed E-state index contributed by atoms with van der Waals surface area (Å²) in [5.41, 5.74) is 3.13. The van der Waals surface area contributed by atoms with Crippen molar-refractivity contribution in [3.63, 3.8) is 0 Å². The molecule has 0 atom stereocenters. The number of rotatable bonds is 3. The number of nitrogens with zero attached hydrogens (tertiary/aromatic N) is 2. The van der Waals surface area contributed by atoms with Crippen molar-refractivity contribution < 1.29 is 18.3 Å². The van der Waals surface area contributed by atoms with Crippen molar-refractivity contribution >= 4 is 28.4 Å². The van der Waals surface area contributed by atoms with Gasteiger partial charge in [0, 0.05) is 23.8 Å². The Bertz CT molecular complexity index is 1550. The maximum absolute atomic E-state index is 14.8. The molecule has 0 radical (unpaired) electrons. The smallest absolute Gasteiger partial charge is 0.412 e. The van der Waals surface area contributed by atoms with E-state index in [9.17, 15) is 18.4 Å². The summed E-state index contributed by atoms with van der Waals surface area (Å²) >= 11 is 0. The molecule has 0 bridgehead atoms. The Morgan fingerprint density at radius 2 is 1.97 bits per heavy atom. The molecule has 0 aliphatic carbocycles. The minimum atomic E-state index is -0.623. The van der Waals surface area contributed by atoms with Crippen LogP contribution in [0.25, 0.3) is 21.9 Å². The molecule has 2 N–H and O–H groups in total. The van der Waals surface area contributed by atoms with Crippen molar-refractivity contribution in [2.75, 3.05) is 7.11 Å². The number of benzene rings is 3. The summed E-state index contributed by atoms with van der Waals surface area (Å²) < 4.78 is 33.6. The molecule has 1 aromatic heterocycles. The number of alkyl carbamates (subject to hydrolysis) is 1. The zero-order valence-electron chi connectivity index (χ0n) is 18.0. The second-order valence-electron chi connectivity index (χ2n) is 7.85. The van der Waals surface area contributed by atoms with E-state index < -0.39 is 23.3 Å². The molecule has 0 spiro atoms. The number of fused-ring (bicyclic) bond motifs is 2. The van der Waals surface area contributed by atoms with E-state index in [1.54, 1.807) is 30.3 Å². The number of carbonyl (C=O) groups is 1. The first-order chi connectivity index (χ1) is 16.4. The lowest BCUT2D eigenvalue weighted by Crippen LogP contribution is -2.30. The van der Waals surface area contributed by atoms with Gasteiger partial charge in [0.15, 0.2) is 0 Å². The maximum Gasteiger partial charge on any atom is 0.412 e. The van der Waals surface area contributed by atoms with Gasteiger partial charge in [-0.15, -0.1) is 0 Å². The molecule has 5 rings (SSSR count). The van der Waals surface area contributed by atoms with Crippen LogP contribution in [-0.2, 0) is 17.6 Å². The summed E-state index contributed by atoms with van der Waals surface area (Å²) in [5, 5.41) is 9.35.